The standard InChI is InChI=1S/C20H25N5O3/c1-13-17(14(2)23-20(21)22-13)11-19(27)25-8-9-28-12-16(25)10-18(26)24-15-6-4-3-5-7-15/h3-7,16H,8-12H2,1-2H3,(H,24,26)(H2,21,22,23)/t16-/m0/s1. The number of nitrogens with two attached hydrogens (primary N) is 1. The van der Waals surface area contributed by atoms with Crippen molar-refractivity contribution in [1.82, 2.24) is 14.9 Å². The maximum absolute atomic E-state index is 13.0. The highest BCUT2D eigenvalue weighted by atomic mass is 16.5. The number of anilines is 2. The zero-order chi connectivity index (χ0) is 20.1. The van der Waals surface area contributed by atoms with Gasteiger partial charge in [-0.2, -0.15) is 0 Å². The second-order valence-corrected chi connectivity index (χ2v) is 6.84. The number of nitrogen functional groups attached to an aromatic ring is 1. The number of carbonyl (C=O) groups is 2. The average Bonchev–Trinajstić information content (AvgIpc) is 2.65. The molecule has 1 aliphatic rings. The smallest absolute Gasteiger partial charge is 0.227 e. The molecule has 1 aromatic carbocycles. The van der Waals surface area contributed by atoms with Gasteiger partial charge in [0, 0.05) is 35.6 Å². The molecule has 2 heterocycles. The van der Waals surface area contributed by atoms with Crippen LogP contribution in [-0.2, 0) is 20.7 Å². The molecule has 0 radical (unpaired) electrons. The van der Waals surface area contributed by atoms with Crippen LogP contribution in [0.2, 0.25) is 0 Å². The van der Waals surface area contributed by atoms with Crippen molar-refractivity contribution in [2.24, 2.45) is 0 Å². The Morgan fingerprint density at radius 3 is 2.57 bits per heavy atom. The van der Waals surface area contributed by atoms with Gasteiger partial charge in [0.05, 0.1) is 25.7 Å². The van der Waals surface area contributed by atoms with Gasteiger partial charge in [-0.25, -0.2) is 9.97 Å². The summed E-state index contributed by atoms with van der Waals surface area (Å²) in [5.41, 5.74) is 8.57. The topological polar surface area (TPSA) is 110 Å². The zero-order valence-electron chi connectivity index (χ0n) is 16.1. The van der Waals surface area contributed by atoms with Gasteiger partial charge in [-0.1, -0.05) is 18.2 Å². The Bertz CT molecular complexity index is 833. The molecule has 2 amide bonds. The van der Waals surface area contributed by atoms with Gasteiger partial charge in [0.2, 0.25) is 17.8 Å². The predicted octanol–water partition coefficient (Wildman–Crippen LogP) is 1.47. The Kier molecular flexibility index (Phi) is 6.20. The number of aryl methyl sites for hydroxylation is 2. The Balaban J connectivity index is 1.67. The highest BCUT2D eigenvalue weighted by Crippen LogP contribution is 2.18. The van der Waals surface area contributed by atoms with Gasteiger partial charge in [-0.15, -0.1) is 0 Å². The molecule has 0 saturated carbocycles. The summed E-state index contributed by atoms with van der Waals surface area (Å²) in [7, 11) is 0. The number of nitrogens with one attached hydrogen (secondary N) is 1. The second-order valence-electron chi connectivity index (χ2n) is 6.84. The maximum Gasteiger partial charge on any atom is 0.227 e. The Labute approximate surface area is 164 Å². The molecule has 0 spiro atoms. The Morgan fingerprint density at radius 1 is 1.21 bits per heavy atom. The highest BCUT2D eigenvalue weighted by molar-refractivity contribution is 5.91. The van der Waals surface area contributed by atoms with E-state index in [0.717, 1.165) is 11.3 Å². The summed E-state index contributed by atoms with van der Waals surface area (Å²) in [5.74, 6) is -0.0175. The number of morpholine rings is 1. The summed E-state index contributed by atoms with van der Waals surface area (Å²) < 4.78 is 5.51. The fourth-order valence-corrected chi connectivity index (χ4v) is 3.37. The second kappa shape index (κ2) is 8.79. The van der Waals surface area contributed by atoms with Crippen molar-refractivity contribution >= 4 is 23.5 Å². The van der Waals surface area contributed by atoms with Gasteiger partial charge in [0.1, 0.15) is 0 Å². The molecule has 1 fully saturated rings. The van der Waals surface area contributed by atoms with Crippen LogP contribution in [0.1, 0.15) is 23.4 Å². The summed E-state index contributed by atoms with van der Waals surface area (Å²) in [5, 5.41) is 2.86. The number of aromatic nitrogens is 2. The summed E-state index contributed by atoms with van der Waals surface area (Å²) >= 11 is 0. The van der Waals surface area contributed by atoms with Gasteiger partial charge >= 0.3 is 0 Å². The lowest BCUT2D eigenvalue weighted by Gasteiger charge is -2.35. The molecule has 0 unspecified atom stereocenters. The van der Waals surface area contributed by atoms with E-state index in [4.69, 9.17) is 10.5 Å². The van der Waals surface area contributed by atoms with E-state index in [1.807, 2.05) is 44.2 Å². The number of ether oxygens (including phenoxy) is 1. The zero-order valence-corrected chi connectivity index (χ0v) is 16.1. The molecule has 8 heteroatoms. The number of nitrogens with zero attached hydrogens (tertiary/aromatic N) is 3. The van der Waals surface area contributed by atoms with Crippen LogP contribution in [-0.4, -0.2) is 52.5 Å². The van der Waals surface area contributed by atoms with Crippen molar-refractivity contribution in [1.29, 1.82) is 0 Å². The van der Waals surface area contributed by atoms with Gasteiger partial charge in [-0.05, 0) is 26.0 Å². The summed E-state index contributed by atoms with van der Waals surface area (Å²) in [6.07, 6.45) is 0.353. The first-order valence-corrected chi connectivity index (χ1v) is 9.25. The summed E-state index contributed by atoms with van der Waals surface area (Å²) in [6, 6.07) is 8.94. The molecular weight excluding hydrogens is 358 g/mol. The fraction of sp³-hybridized carbons (Fsp3) is 0.400. The molecule has 28 heavy (non-hydrogen) atoms. The van der Waals surface area contributed by atoms with E-state index in [1.54, 1.807) is 4.90 Å². The number of para-hydroxylation sites is 1. The van der Waals surface area contributed by atoms with E-state index >= 15 is 0 Å². The maximum atomic E-state index is 13.0. The molecule has 3 rings (SSSR count). The van der Waals surface area contributed by atoms with Crippen LogP contribution in [0, 0.1) is 13.8 Å². The van der Waals surface area contributed by atoms with Crippen molar-refractivity contribution in [3.63, 3.8) is 0 Å². The lowest BCUT2D eigenvalue weighted by atomic mass is 10.1. The molecule has 148 valence electrons. The number of rotatable bonds is 5. The number of benzene rings is 1. The third-order valence-electron chi connectivity index (χ3n) is 4.79. The normalized spacial score (nSPS) is 16.6. The van der Waals surface area contributed by atoms with Crippen molar-refractivity contribution in [3.8, 4) is 0 Å². The number of hydrogen-bond acceptors (Lipinski definition) is 6. The van der Waals surface area contributed by atoms with E-state index in [2.05, 4.69) is 15.3 Å². The average molecular weight is 383 g/mol. The molecular formula is C20H25N5O3. The van der Waals surface area contributed by atoms with E-state index in [9.17, 15) is 9.59 Å². The van der Waals surface area contributed by atoms with Crippen molar-refractivity contribution < 1.29 is 14.3 Å². The minimum atomic E-state index is -0.305. The molecule has 3 N–H and O–H groups in total. The minimum Gasteiger partial charge on any atom is -0.377 e. The van der Waals surface area contributed by atoms with E-state index in [1.165, 1.54) is 0 Å². The van der Waals surface area contributed by atoms with Crippen LogP contribution >= 0.6 is 0 Å². The van der Waals surface area contributed by atoms with Gasteiger partial charge in [0.25, 0.3) is 0 Å². The fourth-order valence-electron chi connectivity index (χ4n) is 3.37. The third-order valence-corrected chi connectivity index (χ3v) is 4.79. The van der Waals surface area contributed by atoms with Crippen molar-refractivity contribution in [2.45, 2.75) is 32.7 Å². The first kappa shape index (κ1) is 19.8. The third kappa shape index (κ3) is 4.83. The summed E-state index contributed by atoms with van der Waals surface area (Å²) in [4.78, 5) is 35.4. The molecule has 0 bridgehead atoms. The van der Waals surface area contributed by atoms with Crippen LogP contribution in [0.25, 0.3) is 0 Å². The van der Waals surface area contributed by atoms with Crippen LogP contribution < -0.4 is 11.1 Å². The minimum absolute atomic E-state index is 0.0691. The van der Waals surface area contributed by atoms with Gasteiger partial charge < -0.3 is 20.7 Å². The van der Waals surface area contributed by atoms with Crippen molar-refractivity contribution in [3.05, 3.63) is 47.3 Å². The highest BCUT2D eigenvalue weighted by Gasteiger charge is 2.30. The Morgan fingerprint density at radius 2 is 1.89 bits per heavy atom. The molecule has 1 saturated heterocycles. The first-order valence-electron chi connectivity index (χ1n) is 9.25. The SMILES string of the molecule is Cc1nc(N)nc(C)c1CC(=O)N1CCOC[C@@H]1CC(=O)Nc1ccccc1. The number of amides is 2. The van der Waals surface area contributed by atoms with E-state index in [-0.39, 0.29) is 36.6 Å². The molecule has 1 aromatic heterocycles. The molecule has 1 atom stereocenters. The van der Waals surface area contributed by atoms with Crippen LogP contribution in [0.5, 0.6) is 0 Å². The lowest BCUT2D eigenvalue weighted by molar-refractivity contribution is -0.140. The quantitative estimate of drug-likeness (QED) is 0.809. The van der Waals surface area contributed by atoms with Crippen LogP contribution in [0.4, 0.5) is 11.6 Å². The first-order chi connectivity index (χ1) is 13.4. The predicted molar refractivity (Wildman–Crippen MR) is 106 cm³/mol. The van der Waals surface area contributed by atoms with Gasteiger partial charge in [0.15, 0.2) is 0 Å². The van der Waals surface area contributed by atoms with E-state index < -0.39 is 0 Å². The summed E-state index contributed by atoms with van der Waals surface area (Å²) in [6.45, 7) is 4.88. The van der Waals surface area contributed by atoms with Crippen LogP contribution in [0.3, 0.4) is 0 Å². The molecule has 8 nitrogen and oxygen atoms in total. The van der Waals surface area contributed by atoms with E-state index in [0.29, 0.717) is 31.1 Å². The molecule has 1 aliphatic heterocycles. The lowest BCUT2D eigenvalue weighted by Crippen LogP contribution is -2.50. The largest absolute Gasteiger partial charge is 0.377 e. The van der Waals surface area contributed by atoms with Gasteiger partial charge in [-0.3, -0.25) is 9.59 Å². The van der Waals surface area contributed by atoms with Crippen LogP contribution in [0.15, 0.2) is 30.3 Å². The Hall–Kier alpha value is -3.00. The monoisotopic (exact) mass is 383 g/mol. The number of hydrogen-bond donors (Lipinski definition) is 2. The number of carbonyl (C=O) groups excluding carboxylic acids is 2. The molecule has 2 aromatic rings. The molecule has 0 aliphatic carbocycles. The van der Waals surface area contributed by atoms with Crippen molar-refractivity contribution in [2.75, 3.05) is 30.8 Å².